The van der Waals surface area contributed by atoms with E-state index in [2.05, 4.69) is 4.74 Å². The molecule has 0 aliphatic rings. The molecule has 0 spiro atoms. The lowest BCUT2D eigenvalue weighted by atomic mass is 10.0. The molecule has 1 aromatic carbocycles. The van der Waals surface area contributed by atoms with Gasteiger partial charge in [0, 0.05) is 0 Å². The molecule has 0 bridgehead atoms. The molecule has 1 unspecified atom stereocenters. The zero-order chi connectivity index (χ0) is 12.8. The van der Waals surface area contributed by atoms with Crippen LogP contribution in [0.25, 0.3) is 0 Å². The lowest BCUT2D eigenvalue weighted by Crippen LogP contribution is -2.13. The van der Waals surface area contributed by atoms with Crippen LogP contribution < -0.4 is 4.74 Å². The lowest BCUT2D eigenvalue weighted by Gasteiger charge is -2.12. The van der Waals surface area contributed by atoms with Crippen LogP contribution in [0.2, 0.25) is 0 Å². The molecule has 17 heavy (non-hydrogen) atoms. The molecule has 0 radical (unpaired) electrons. The fourth-order valence-corrected chi connectivity index (χ4v) is 1.36. The van der Waals surface area contributed by atoms with E-state index in [4.69, 9.17) is 4.74 Å². The van der Waals surface area contributed by atoms with Gasteiger partial charge in [0.05, 0.1) is 12.5 Å². The van der Waals surface area contributed by atoms with Crippen molar-refractivity contribution in [1.82, 2.24) is 0 Å². The molecule has 0 saturated carbocycles. The Bertz CT molecular complexity index is 380. The van der Waals surface area contributed by atoms with Gasteiger partial charge in [-0.1, -0.05) is 12.1 Å². The van der Waals surface area contributed by atoms with Gasteiger partial charge in [-0.05, 0) is 31.5 Å². The number of esters is 1. The van der Waals surface area contributed by atoms with E-state index in [1.54, 1.807) is 26.0 Å². The number of hydrogen-bond acceptors (Lipinski definition) is 3. The Morgan fingerprint density at radius 3 is 2.71 bits per heavy atom. The van der Waals surface area contributed by atoms with Crippen molar-refractivity contribution in [2.75, 3.05) is 6.61 Å². The topological polar surface area (TPSA) is 35.5 Å². The van der Waals surface area contributed by atoms with Crippen LogP contribution >= 0.6 is 0 Å². The maximum Gasteiger partial charge on any atom is 0.387 e. The van der Waals surface area contributed by atoms with Crippen molar-refractivity contribution in [3.8, 4) is 5.75 Å². The highest BCUT2D eigenvalue weighted by Crippen LogP contribution is 2.22. The summed E-state index contributed by atoms with van der Waals surface area (Å²) in [6.45, 7) is 0.778. The molecule has 5 heteroatoms. The van der Waals surface area contributed by atoms with Crippen LogP contribution in [0.3, 0.4) is 0 Å². The van der Waals surface area contributed by atoms with Crippen LogP contribution in [0, 0.1) is 0 Å². The van der Waals surface area contributed by atoms with Crippen LogP contribution in [-0.4, -0.2) is 19.2 Å². The Labute approximate surface area is 98.3 Å². The summed E-state index contributed by atoms with van der Waals surface area (Å²) in [6, 6.07) is 6.05. The number of rotatable bonds is 5. The van der Waals surface area contributed by atoms with Crippen molar-refractivity contribution in [2.45, 2.75) is 26.4 Å². The van der Waals surface area contributed by atoms with E-state index in [-0.39, 0.29) is 18.3 Å². The molecule has 1 atom stereocenters. The summed E-state index contributed by atoms with van der Waals surface area (Å²) >= 11 is 0. The third-order valence-corrected chi connectivity index (χ3v) is 2.22. The molecule has 1 rings (SSSR count). The van der Waals surface area contributed by atoms with E-state index in [0.717, 1.165) is 0 Å². The normalized spacial score (nSPS) is 12.3. The number of ether oxygens (including phenoxy) is 2. The highest BCUT2D eigenvalue weighted by Gasteiger charge is 2.17. The second-order valence-corrected chi connectivity index (χ2v) is 3.42. The number of carbonyl (C=O) groups excluding carboxylic acids is 1. The number of carbonyl (C=O) groups is 1. The largest absolute Gasteiger partial charge is 0.466 e. The van der Waals surface area contributed by atoms with Gasteiger partial charge in [-0.2, -0.15) is 8.78 Å². The zero-order valence-corrected chi connectivity index (χ0v) is 9.65. The minimum Gasteiger partial charge on any atom is -0.466 e. The summed E-state index contributed by atoms with van der Waals surface area (Å²) in [7, 11) is 0. The SMILES string of the molecule is CCOC(=O)C(C)c1cccc(OC(F)F)c1. The lowest BCUT2D eigenvalue weighted by molar-refractivity contribution is -0.144. The molecule has 0 aromatic heterocycles. The molecule has 0 fully saturated rings. The van der Waals surface area contributed by atoms with Crippen molar-refractivity contribution in [1.29, 1.82) is 0 Å². The van der Waals surface area contributed by atoms with E-state index in [1.165, 1.54) is 12.1 Å². The molecule has 0 heterocycles. The predicted octanol–water partition coefficient (Wildman–Crippen LogP) is 2.95. The number of halogens is 2. The van der Waals surface area contributed by atoms with Gasteiger partial charge in [0.15, 0.2) is 0 Å². The van der Waals surface area contributed by atoms with E-state index in [9.17, 15) is 13.6 Å². The Morgan fingerprint density at radius 1 is 1.41 bits per heavy atom. The Kier molecular flexibility index (Phi) is 4.87. The average Bonchev–Trinajstić information content (AvgIpc) is 2.28. The molecule has 3 nitrogen and oxygen atoms in total. The van der Waals surface area contributed by atoms with Crippen molar-refractivity contribution < 1.29 is 23.0 Å². The van der Waals surface area contributed by atoms with Crippen molar-refractivity contribution in [3.63, 3.8) is 0 Å². The van der Waals surface area contributed by atoms with Gasteiger partial charge in [-0.3, -0.25) is 4.79 Å². The maximum absolute atomic E-state index is 12.0. The molecule has 0 N–H and O–H groups in total. The van der Waals surface area contributed by atoms with Gasteiger partial charge in [-0.25, -0.2) is 0 Å². The predicted molar refractivity (Wildman–Crippen MR) is 58.1 cm³/mol. The van der Waals surface area contributed by atoms with E-state index < -0.39 is 12.5 Å². The highest BCUT2D eigenvalue weighted by atomic mass is 19.3. The third kappa shape index (κ3) is 4.01. The quantitative estimate of drug-likeness (QED) is 0.747. The highest BCUT2D eigenvalue weighted by molar-refractivity contribution is 5.77. The van der Waals surface area contributed by atoms with Gasteiger partial charge in [0.2, 0.25) is 0 Å². The number of hydrogen-bond donors (Lipinski definition) is 0. The molecule has 1 aromatic rings. The first kappa shape index (κ1) is 13.4. The van der Waals surface area contributed by atoms with E-state index in [0.29, 0.717) is 5.56 Å². The van der Waals surface area contributed by atoms with Crippen molar-refractivity contribution >= 4 is 5.97 Å². The zero-order valence-electron chi connectivity index (χ0n) is 9.65. The fourth-order valence-electron chi connectivity index (χ4n) is 1.36. The first-order valence-corrected chi connectivity index (χ1v) is 5.26. The van der Waals surface area contributed by atoms with Crippen LogP contribution in [0.15, 0.2) is 24.3 Å². The van der Waals surface area contributed by atoms with Crippen molar-refractivity contribution in [2.24, 2.45) is 0 Å². The fraction of sp³-hybridized carbons (Fsp3) is 0.417. The molecule has 0 aliphatic heterocycles. The van der Waals surface area contributed by atoms with Crippen LogP contribution in [-0.2, 0) is 9.53 Å². The average molecular weight is 244 g/mol. The number of benzene rings is 1. The summed E-state index contributed by atoms with van der Waals surface area (Å²) in [4.78, 5) is 11.5. The second-order valence-electron chi connectivity index (χ2n) is 3.42. The molecule has 94 valence electrons. The van der Waals surface area contributed by atoms with Gasteiger partial charge in [0.25, 0.3) is 0 Å². The molecule has 0 saturated heterocycles. The summed E-state index contributed by atoms with van der Waals surface area (Å²) in [5, 5.41) is 0. The summed E-state index contributed by atoms with van der Waals surface area (Å²) in [5.74, 6) is -0.855. The standard InChI is InChI=1S/C12H14F2O3/c1-3-16-11(15)8(2)9-5-4-6-10(7-9)17-12(13)14/h4-8,12H,3H2,1-2H3. The van der Waals surface area contributed by atoms with E-state index >= 15 is 0 Å². The minimum atomic E-state index is -2.87. The first-order valence-electron chi connectivity index (χ1n) is 5.26. The van der Waals surface area contributed by atoms with Crippen molar-refractivity contribution in [3.05, 3.63) is 29.8 Å². The van der Waals surface area contributed by atoms with Crippen LogP contribution in [0.5, 0.6) is 5.75 Å². The van der Waals surface area contributed by atoms with E-state index in [1.807, 2.05) is 0 Å². The summed E-state index contributed by atoms with van der Waals surface area (Å²) in [6.07, 6.45) is 0. The molecule has 0 amide bonds. The third-order valence-electron chi connectivity index (χ3n) is 2.22. The Balaban J connectivity index is 2.80. The van der Waals surface area contributed by atoms with Gasteiger partial charge in [0.1, 0.15) is 5.75 Å². The number of alkyl halides is 2. The smallest absolute Gasteiger partial charge is 0.387 e. The second kappa shape index (κ2) is 6.18. The Morgan fingerprint density at radius 2 is 2.12 bits per heavy atom. The molecular weight excluding hydrogens is 230 g/mol. The van der Waals surface area contributed by atoms with Crippen LogP contribution in [0.4, 0.5) is 8.78 Å². The van der Waals surface area contributed by atoms with Gasteiger partial charge in [-0.15, -0.1) is 0 Å². The van der Waals surface area contributed by atoms with Crippen LogP contribution in [0.1, 0.15) is 25.3 Å². The monoisotopic (exact) mass is 244 g/mol. The first-order chi connectivity index (χ1) is 8.04. The summed E-state index contributed by atoms with van der Waals surface area (Å²) < 4.78 is 33.1. The maximum atomic E-state index is 12.0. The van der Waals surface area contributed by atoms with Gasteiger partial charge < -0.3 is 9.47 Å². The van der Waals surface area contributed by atoms with Gasteiger partial charge >= 0.3 is 12.6 Å². The minimum absolute atomic E-state index is 0.0358. The molecule has 0 aliphatic carbocycles. The molecular formula is C12H14F2O3. The Hall–Kier alpha value is -1.65. The summed E-state index contributed by atoms with van der Waals surface area (Å²) in [5.41, 5.74) is 0.585.